The Labute approximate surface area is 115 Å². The van der Waals surface area contributed by atoms with Gasteiger partial charge in [0.15, 0.2) is 0 Å². The smallest absolute Gasteiger partial charge is 0.237 e. The van der Waals surface area contributed by atoms with Crippen molar-refractivity contribution in [1.82, 2.24) is 5.32 Å². The van der Waals surface area contributed by atoms with E-state index in [4.69, 9.17) is 5.26 Å². The molecule has 0 aliphatic carbocycles. The first-order valence-corrected chi connectivity index (χ1v) is 6.73. The van der Waals surface area contributed by atoms with E-state index in [0.29, 0.717) is 13.0 Å². The van der Waals surface area contributed by atoms with E-state index in [0.717, 1.165) is 6.42 Å². The van der Waals surface area contributed by atoms with Gasteiger partial charge in [0.1, 0.15) is 5.92 Å². The summed E-state index contributed by atoms with van der Waals surface area (Å²) in [5, 5.41) is 11.7. The number of carbonyl (C=O) groups excluding carboxylic acids is 1. The van der Waals surface area contributed by atoms with Gasteiger partial charge in [-0.15, -0.1) is 0 Å². The van der Waals surface area contributed by atoms with E-state index in [2.05, 4.69) is 38.2 Å². The van der Waals surface area contributed by atoms with Crippen LogP contribution in [0.1, 0.15) is 35.6 Å². The zero-order chi connectivity index (χ0) is 14.4. The fourth-order valence-electron chi connectivity index (χ4n) is 2.37. The molecule has 19 heavy (non-hydrogen) atoms. The Morgan fingerprint density at radius 1 is 1.32 bits per heavy atom. The molecule has 0 bridgehead atoms. The minimum Gasteiger partial charge on any atom is -0.355 e. The molecule has 1 aromatic carbocycles. The zero-order valence-corrected chi connectivity index (χ0v) is 12.2. The molecule has 1 aromatic rings. The third-order valence-electron chi connectivity index (χ3n) is 3.40. The lowest BCUT2D eigenvalue weighted by molar-refractivity contribution is -0.123. The minimum absolute atomic E-state index is 0.160. The largest absolute Gasteiger partial charge is 0.355 e. The molecule has 1 amide bonds. The third kappa shape index (κ3) is 4.10. The Bertz CT molecular complexity index is 477. The van der Waals surface area contributed by atoms with Gasteiger partial charge in [-0.2, -0.15) is 5.26 Å². The molecule has 0 radical (unpaired) electrons. The molecular formula is C16H22N2O. The maximum Gasteiger partial charge on any atom is 0.237 e. The van der Waals surface area contributed by atoms with Gasteiger partial charge in [-0.05, 0) is 50.3 Å². The number of amides is 1. The van der Waals surface area contributed by atoms with E-state index < -0.39 is 5.92 Å². The molecule has 0 aliphatic rings. The molecule has 0 aromatic heterocycles. The van der Waals surface area contributed by atoms with Gasteiger partial charge >= 0.3 is 0 Å². The van der Waals surface area contributed by atoms with E-state index in [1.54, 1.807) is 0 Å². The van der Waals surface area contributed by atoms with E-state index in [9.17, 15) is 4.79 Å². The molecule has 3 heteroatoms. The number of nitrogens with one attached hydrogen (secondary N) is 1. The quantitative estimate of drug-likeness (QED) is 0.883. The molecular weight excluding hydrogens is 236 g/mol. The highest BCUT2D eigenvalue weighted by atomic mass is 16.1. The fraction of sp³-hybridized carbons (Fsp3) is 0.500. The van der Waals surface area contributed by atoms with Gasteiger partial charge in [0, 0.05) is 6.54 Å². The molecule has 1 rings (SSSR count). The summed E-state index contributed by atoms with van der Waals surface area (Å²) in [6.07, 6.45) is 1.37. The summed E-state index contributed by atoms with van der Waals surface area (Å²) < 4.78 is 0. The minimum atomic E-state index is -0.528. The first kappa shape index (κ1) is 15.2. The number of aryl methyl sites for hydroxylation is 3. The van der Waals surface area contributed by atoms with Crippen LogP contribution < -0.4 is 5.32 Å². The Balaban J connectivity index is 2.60. The van der Waals surface area contributed by atoms with Gasteiger partial charge in [0.2, 0.25) is 5.91 Å². The second kappa shape index (κ2) is 6.94. The first-order valence-electron chi connectivity index (χ1n) is 6.73. The molecule has 0 heterocycles. The van der Waals surface area contributed by atoms with Crippen LogP contribution in [-0.2, 0) is 11.2 Å². The summed E-state index contributed by atoms with van der Waals surface area (Å²) in [6.45, 7) is 8.72. The maximum absolute atomic E-state index is 11.7. The highest BCUT2D eigenvalue weighted by Crippen LogP contribution is 2.16. The van der Waals surface area contributed by atoms with Crippen LogP contribution in [0.4, 0.5) is 0 Å². The summed E-state index contributed by atoms with van der Waals surface area (Å²) in [6, 6.07) is 6.34. The van der Waals surface area contributed by atoms with Crippen LogP contribution in [0.5, 0.6) is 0 Å². The standard InChI is InChI=1S/C16H22N2O/c1-5-14(10-17)16(19)18-7-6-15-12(3)8-11(2)9-13(15)4/h8-9,14H,5-7H2,1-4H3,(H,18,19). The van der Waals surface area contributed by atoms with Gasteiger partial charge in [-0.25, -0.2) is 0 Å². The SMILES string of the molecule is CCC(C#N)C(=O)NCCc1c(C)cc(C)cc1C. The zero-order valence-electron chi connectivity index (χ0n) is 12.2. The molecule has 102 valence electrons. The van der Waals surface area contributed by atoms with Crippen molar-refractivity contribution in [3.8, 4) is 6.07 Å². The van der Waals surface area contributed by atoms with Gasteiger partial charge in [0.05, 0.1) is 6.07 Å². The van der Waals surface area contributed by atoms with Crippen LogP contribution in [-0.4, -0.2) is 12.5 Å². The molecule has 0 spiro atoms. The fourth-order valence-corrected chi connectivity index (χ4v) is 2.37. The number of hydrogen-bond acceptors (Lipinski definition) is 2. The van der Waals surface area contributed by atoms with Crippen molar-refractivity contribution in [3.63, 3.8) is 0 Å². The summed E-state index contributed by atoms with van der Waals surface area (Å²) in [7, 11) is 0. The lowest BCUT2D eigenvalue weighted by atomic mass is 9.97. The van der Waals surface area contributed by atoms with Crippen molar-refractivity contribution in [2.24, 2.45) is 5.92 Å². The van der Waals surface area contributed by atoms with Crippen molar-refractivity contribution in [2.45, 2.75) is 40.5 Å². The van der Waals surface area contributed by atoms with Gasteiger partial charge < -0.3 is 5.32 Å². The average Bonchev–Trinajstić information content (AvgIpc) is 2.34. The van der Waals surface area contributed by atoms with E-state index >= 15 is 0 Å². The van der Waals surface area contributed by atoms with Gasteiger partial charge in [0.25, 0.3) is 0 Å². The molecule has 1 atom stereocenters. The Kier molecular flexibility index (Phi) is 5.57. The van der Waals surface area contributed by atoms with Crippen molar-refractivity contribution < 1.29 is 4.79 Å². The topological polar surface area (TPSA) is 52.9 Å². The predicted octanol–water partition coefficient (Wildman–Crippen LogP) is 2.82. The van der Waals surface area contributed by atoms with Gasteiger partial charge in [-0.1, -0.05) is 24.6 Å². The lowest BCUT2D eigenvalue weighted by Crippen LogP contribution is -2.31. The normalized spacial score (nSPS) is 11.7. The third-order valence-corrected chi connectivity index (χ3v) is 3.40. The highest BCUT2D eigenvalue weighted by Gasteiger charge is 2.14. The number of nitriles is 1. The van der Waals surface area contributed by atoms with E-state index in [-0.39, 0.29) is 5.91 Å². The van der Waals surface area contributed by atoms with Crippen molar-refractivity contribution in [1.29, 1.82) is 5.26 Å². The summed E-state index contributed by atoms with van der Waals surface area (Å²) in [5.41, 5.74) is 5.08. The second-order valence-corrected chi connectivity index (χ2v) is 5.01. The number of nitrogens with zero attached hydrogens (tertiary/aromatic N) is 1. The molecule has 1 unspecified atom stereocenters. The second-order valence-electron chi connectivity index (χ2n) is 5.01. The van der Waals surface area contributed by atoms with Crippen LogP contribution in [0.15, 0.2) is 12.1 Å². The van der Waals surface area contributed by atoms with Gasteiger partial charge in [-0.3, -0.25) is 4.79 Å². The lowest BCUT2D eigenvalue weighted by Gasteiger charge is -2.13. The first-order chi connectivity index (χ1) is 8.99. The van der Waals surface area contributed by atoms with Crippen molar-refractivity contribution >= 4 is 5.91 Å². The molecule has 0 aliphatic heterocycles. The molecule has 1 N–H and O–H groups in total. The average molecular weight is 258 g/mol. The number of hydrogen-bond donors (Lipinski definition) is 1. The van der Waals surface area contributed by atoms with E-state index in [1.165, 1.54) is 22.3 Å². The number of carbonyl (C=O) groups is 1. The molecule has 0 saturated carbocycles. The van der Waals surface area contributed by atoms with Crippen molar-refractivity contribution in [2.75, 3.05) is 6.54 Å². The van der Waals surface area contributed by atoms with Crippen LogP contribution in [0.25, 0.3) is 0 Å². The van der Waals surface area contributed by atoms with E-state index in [1.807, 2.05) is 13.0 Å². The van der Waals surface area contributed by atoms with Crippen LogP contribution in [0, 0.1) is 38.0 Å². The monoisotopic (exact) mass is 258 g/mol. The van der Waals surface area contributed by atoms with Crippen LogP contribution in [0.2, 0.25) is 0 Å². The number of benzene rings is 1. The molecule has 0 fully saturated rings. The summed E-state index contributed by atoms with van der Waals surface area (Å²) >= 11 is 0. The maximum atomic E-state index is 11.7. The Morgan fingerprint density at radius 2 is 1.89 bits per heavy atom. The number of rotatable bonds is 5. The molecule has 3 nitrogen and oxygen atoms in total. The summed E-state index contributed by atoms with van der Waals surface area (Å²) in [5.74, 6) is -0.687. The summed E-state index contributed by atoms with van der Waals surface area (Å²) in [4.78, 5) is 11.7. The van der Waals surface area contributed by atoms with Crippen molar-refractivity contribution in [3.05, 3.63) is 34.4 Å². The Morgan fingerprint density at radius 3 is 2.37 bits per heavy atom. The van der Waals surface area contributed by atoms with Crippen LogP contribution in [0.3, 0.4) is 0 Å². The highest BCUT2D eigenvalue weighted by molar-refractivity contribution is 5.80. The predicted molar refractivity (Wildman–Crippen MR) is 76.8 cm³/mol. The van der Waals surface area contributed by atoms with Crippen LogP contribution >= 0.6 is 0 Å². The Hall–Kier alpha value is -1.82. The molecule has 0 saturated heterocycles.